The van der Waals surface area contributed by atoms with Crippen molar-refractivity contribution in [1.82, 2.24) is 20.0 Å². The Balaban J connectivity index is 1.34. The van der Waals surface area contributed by atoms with Crippen LogP contribution in [0, 0.1) is 13.8 Å². The van der Waals surface area contributed by atoms with Gasteiger partial charge in [0.15, 0.2) is 5.82 Å². The molecule has 0 spiro atoms. The summed E-state index contributed by atoms with van der Waals surface area (Å²) in [4.78, 5) is 23.0. The molecule has 3 aromatic rings. The number of aryl methyl sites for hydroxylation is 2. The van der Waals surface area contributed by atoms with E-state index in [1.807, 2.05) is 31.2 Å². The van der Waals surface area contributed by atoms with Crippen molar-refractivity contribution in [3.63, 3.8) is 0 Å². The minimum Gasteiger partial charge on any atom is -0.439 e. The van der Waals surface area contributed by atoms with E-state index >= 15 is 0 Å². The Bertz CT molecular complexity index is 969. The number of nitrogens with zero attached hydrogens (tertiary/aromatic N) is 4. The van der Waals surface area contributed by atoms with E-state index in [1.165, 1.54) is 0 Å². The number of amides is 2. The molecule has 1 atom stereocenters. The second-order valence-corrected chi connectivity index (χ2v) is 7.20. The first-order valence-electron chi connectivity index (χ1n) is 9.63. The lowest BCUT2D eigenvalue weighted by Gasteiger charge is -2.31. The predicted molar refractivity (Wildman–Crippen MR) is 107 cm³/mol. The number of anilines is 1. The number of hydrogen-bond donors (Lipinski definition) is 1. The number of carbonyl (C=O) groups is 1. The number of ether oxygens (including phenoxy) is 1. The molecule has 0 saturated carbocycles. The van der Waals surface area contributed by atoms with Crippen LogP contribution in [0.4, 0.5) is 10.5 Å². The van der Waals surface area contributed by atoms with E-state index in [0.717, 1.165) is 24.2 Å². The molecule has 3 heterocycles. The third-order valence-corrected chi connectivity index (χ3v) is 4.83. The zero-order valence-corrected chi connectivity index (χ0v) is 16.5. The average Bonchev–Trinajstić information content (AvgIpc) is 3.18. The molecule has 1 N–H and O–H groups in total. The van der Waals surface area contributed by atoms with Crippen LogP contribution in [0.25, 0.3) is 0 Å². The van der Waals surface area contributed by atoms with Crippen LogP contribution >= 0.6 is 0 Å². The van der Waals surface area contributed by atoms with E-state index < -0.39 is 0 Å². The van der Waals surface area contributed by atoms with Gasteiger partial charge in [-0.15, -0.1) is 0 Å². The number of rotatable bonds is 4. The molecule has 1 aliphatic rings. The zero-order chi connectivity index (χ0) is 20.2. The topological polar surface area (TPSA) is 93.4 Å². The van der Waals surface area contributed by atoms with Gasteiger partial charge in [0.05, 0.1) is 17.8 Å². The smallest absolute Gasteiger partial charge is 0.321 e. The second kappa shape index (κ2) is 8.30. The molecule has 1 saturated heterocycles. The molecule has 8 heteroatoms. The van der Waals surface area contributed by atoms with Gasteiger partial charge in [-0.3, -0.25) is 0 Å². The maximum atomic E-state index is 12.6. The fourth-order valence-corrected chi connectivity index (χ4v) is 3.29. The number of carbonyl (C=O) groups excluding carboxylic acids is 1. The van der Waals surface area contributed by atoms with Gasteiger partial charge < -0.3 is 19.5 Å². The Labute approximate surface area is 168 Å². The summed E-state index contributed by atoms with van der Waals surface area (Å²) in [6.45, 7) is 5.06. The lowest BCUT2D eigenvalue weighted by molar-refractivity contribution is 0.184. The number of urea groups is 1. The molecular formula is C21H23N5O3. The third-order valence-electron chi connectivity index (χ3n) is 4.83. The van der Waals surface area contributed by atoms with Crippen LogP contribution in [0.3, 0.4) is 0 Å². The van der Waals surface area contributed by atoms with Gasteiger partial charge in [-0.05, 0) is 44.9 Å². The zero-order valence-electron chi connectivity index (χ0n) is 16.5. The molecule has 0 bridgehead atoms. The van der Waals surface area contributed by atoms with Crippen molar-refractivity contribution in [3.05, 3.63) is 59.9 Å². The van der Waals surface area contributed by atoms with Crippen molar-refractivity contribution in [2.45, 2.75) is 32.6 Å². The van der Waals surface area contributed by atoms with Crippen LogP contribution in [0.1, 0.15) is 36.0 Å². The number of pyridine rings is 1. The van der Waals surface area contributed by atoms with Crippen molar-refractivity contribution in [2.24, 2.45) is 0 Å². The Morgan fingerprint density at radius 2 is 2.03 bits per heavy atom. The van der Waals surface area contributed by atoms with Crippen LogP contribution < -0.4 is 10.1 Å². The predicted octanol–water partition coefficient (Wildman–Crippen LogP) is 4.29. The van der Waals surface area contributed by atoms with E-state index in [9.17, 15) is 4.79 Å². The van der Waals surface area contributed by atoms with Gasteiger partial charge in [0.2, 0.25) is 11.8 Å². The summed E-state index contributed by atoms with van der Waals surface area (Å²) < 4.78 is 11.0. The molecule has 8 nitrogen and oxygen atoms in total. The molecule has 0 aliphatic carbocycles. The number of hydrogen-bond acceptors (Lipinski definition) is 6. The van der Waals surface area contributed by atoms with E-state index in [-0.39, 0.29) is 11.9 Å². The quantitative estimate of drug-likeness (QED) is 0.711. The van der Waals surface area contributed by atoms with Crippen molar-refractivity contribution in [1.29, 1.82) is 0 Å². The Kier molecular flexibility index (Phi) is 5.41. The monoisotopic (exact) mass is 393 g/mol. The van der Waals surface area contributed by atoms with Crippen molar-refractivity contribution in [2.75, 3.05) is 18.4 Å². The first kappa shape index (κ1) is 18.9. The molecule has 1 aliphatic heterocycles. The molecule has 0 unspecified atom stereocenters. The highest BCUT2D eigenvalue weighted by Crippen LogP contribution is 2.26. The minimum absolute atomic E-state index is 0.0686. The Morgan fingerprint density at radius 1 is 1.21 bits per heavy atom. The van der Waals surface area contributed by atoms with Crippen LogP contribution in [-0.2, 0) is 0 Å². The van der Waals surface area contributed by atoms with Crippen LogP contribution in [0.5, 0.6) is 11.6 Å². The van der Waals surface area contributed by atoms with Gasteiger partial charge in [-0.1, -0.05) is 22.9 Å². The molecule has 2 amide bonds. The molecule has 0 radical (unpaired) electrons. The van der Waals surface area contributed by atoms with Gasteiger partial charge in [0.25, 0.3) is 0 Å². The average molecular weight is 393 g/mol. The maximum absolute atomic E-state index is 12.6. The van der Waals surface area contributed by atoms with Gasteiger partial charge >= 0.3 is 6.03 Å². The highest BCUT2D eigenvalue weighted by molar-refractivity contribution is 5.89. The maximum Gasteiger partial charge on any atom is 0.321 e. The molecule has 1 fully saturated rings. The summed E-state index contributed by atoms with van der Waals surface area (Å²) in [6.07, 6.45) is 3.41. The van der Waals surface area contributed by atoms with Crippen LogP contribution in [0.2, 0.25) is 0 Å². The summed E-state index contributed by atoms with van der Waals surface area (Å²) >= 11 is 0. The van der Waals surface area contributed by atoms with Crippen molar-refractivity contribution >= 4 is 11.7 Å². The SMILES string of the molecule is Cc1ccc(Oc2ccc(NC(=O)N3CCC[C@@H](c4nc(C)no4)C3)cn2)cc1. The van der Waals surface area contributed by atoms with Crippen molar-refractivity contribution < 1.29 is 14.1 Å². The Morgan fingerprint density at radius 3 is 2.72 bits per heavy atom. The summed E-state index contributed by atoms with van der Waals surface area (Å²) in [7, 11) is 0. The van der Waals surface area contributed by atoms with E-state index in [4.69, 9.17) is 9.26 Å². The van der Waals surface area contributed by atoms with Gasteiger partial charge in [0.1, 0.15) is 5.75 Å². The first-order chi connectivity index (χ1) is 14.1. The normalized spacial score (nSPS) is 16.5. The summed E-state index contributed by atoms with van der Waals surface area (Å²) in [5, 5.41) is 6.74. The first-order valence-corrected chi connectivity index (χ1v) is 9.63. The number of benzene rings is 1. The van der Waals surface area contributed by atoms with Crippen LogP contribution in [-0.4, -0.2) is 39.1 Å². The molecular weight excluding hydrogens is 370 g/mol. The summed E-state index contributed by atoms with van der Waals surface area (Å²) in [5.41, 5.74) is 1.78. The van der Waals surface area contributed by atoms with Crippen LogP contribution in [0.15, 0.2) is 47.1 Å². The highest BCUT2D eigenvalue weighted by Gasteiger charge is 2.28. The largest absolute Gasteiger partial charge is 0.439 e. The Hall–Kier alpha value is -3.42. The minimum atomic E-state index is -0.167. The lowest BCUT2D eigenvalue weighted by Crippen LogP contribution is -2.41. The van der Waals surface area contributed by atoms with Gasteiger partial charge in [-0.2, -0.15) is 4.98 Å². The molecule has 4 rings (SSSR count). The molecule has 29 heavy (non-hydrogen) atoms. The lowest BCUT2D eigenvalue weighted by atomic mass is 9.98. The van der Waals surface area contributed by atoms with Crippen molar-refractivity contribution in [3.8, 4) is 11.6 Å². The molecule has 1 aromatic carbocycles. The standard InChI is InChI=1S/C21H23N5O3/c1-14-5-8-18(9-6-14)28-19-10-7-17(12-22-19)24-21(27)26-11-3-4-16(13-26)20-23-15(2)25-29-20/h5-10,12,16H,3-4,11,13H2,1-2H3,(H,24,27)/t16-/m1/s1. The second-order valence-electron chi connectivity index (χ2n) is 7.20. The molecule has 2 aromatic heterocycles. The fraction of sp³-hybridized carbons (Fsp3) is 0.333. The number of piperidine rings is 1. The fourth-order valence-electron chi connectivity index (χ4n) is 3.29. The van der Waals surface area contributed by atoms with Gasteiger partial charge in [0, 0.05) is 19.2 Å². The highest BCUT2D eigenvalue weighted by atomic mass is 16.5. The number of likely N-dealkylation sites (tertiary alicyclic amines) is 1. The summed E-state index contributed by atoms with van der Waals surface area (Å²) in [6, 6.07) is 11.1. The molecule has 150 valence electrons. The van der Waals surface area contributed by atoms with E-state index in [1.54, 1.807) is 30.2 Å². The van der Waals surface area contributed by atoms with E-state index in [0.29, 0.717) is 36.4 Å². The number of aromatic nitrogens is 3. The van der Waals surface area contributed by atoms with E-state index in [2.05, 4.69) is 20.4 Å². The third kappa shape index (κ3) is 4.71. The number of nitrogens with one attached hydrogen (secondary N) is 1. The summed E-state index contributed by atoms with van der Waals surface area (Å²) in [5.74, 6) is 2.46. The van der Waals surface area contributed by atoms with Gasteiger partial charge in [-0.25, -0.2) is 9.78 Å².